The molecule has 0 saturated heterocycles. The van der Waals surface area contributed by atoms with Crippen LogP contribution in [0, 0.1) is 10.1 Å². The van der Waals surface area contributed by atoms with Crippen LogP contribution in [0.1, 0.15) is 36.6 Å². The number of halogens is 3. The Bertz CT molecular complexity index is 1750. The molecule has 0 aliphatic carbocycles. The number of hydrogen-bond donors (Lipinski definition) is 3. The molecule has 1 aliphatic rings. The molecule has 3 aromatic carbocycles. The van der Waals surface area contributed by atoms with Gasteiger partial charge in [-0.3, -0.25) is 14.9 Å². The summed E-state index contributed by atoms with van der Waals surface area (Å²) in [6, 6.07) is 13.8. The zero-order valence-electron chi connectivity index (χ0n) is 24.3. The number of thiocarbonyl (C=S) groups is 1. The number of nitrogens with one attached hydrogen (secondary N) is 3. The summed E-state index contributed by atoms with van der Waals surface area (Å²) in [6.45, 7) is 3.15. The maximum absolute atomic E-state index is 12.7. The average molecular weight is 751 g/mol. The minimum Gasteiger partial charge on any atom is -0.483 e. The van der Waals surface area contributed by atoms with Gasteiger partial charge < -0.3 is 24.8 Å². The third-order valence-electron chi connectivity index (χ3n) is 6.39. The van der Waals surface area contributed by atoms with Crippen molar-refractivity contribution < 1.29 is 28.7 Å². The Kier molecular flexibility index (Phi) is 11.9. The fraction of sp³-hybridized carbons (Fsp3) is 0.200. The monoisotopic (exact) mass is 749 g/mol. The van der Waals surface area contributed by atoms with Crippen LogP contribution in [0.3, 0.4) is 0 Å². The number of esters is 1. The highest BCUT2D eigenvalue weighted by Gasteiger charge is 2.32. The zero-order chi connectivity index (χ0) is 33.4. The maximum Gasteiger partial charge on any atom is 0.338 e. The van der Waals surface area contributed by atoms with Crippen LogP contribution in [0.5, 0.6) is 11.5 Å². The first-order valence-corrected chi connectivity index (χ1v) is 15.5. The molecule has 0 bridgehead atoms. The van der Waals surface area contributed by atoms with E-state index in [1.165, 1.54) is 12.3 Å². The first-order valence-electron chi connectivity index (χ1n) is 13.5. The summed E-state index contributed by atoms with van der Waals surface area (Å²) in [4.78, 5) is 36.5. The second-order valence-corrected chi connectivity index (χ2v) is 11.6. The molecule has 0 radical (unpaired) electrons. The van der Waals surface area contributed by atoms with Crippen LogP contribution in [0.2, 0.25) is 10.0 Å². The number of ether oxygens (including phenoxy) is 3. The van der Waals surface area contributed by atoms with Crippen molar-refractivity contribution in [1.29, 1.82) is 0 Å². The van der Waals surface area contributed by atoms with Gasteiger partial charge in [-0.1, -0.05) is 47.5 Å². The third-order valence-corrected chi connectivity index (χ3v) is 7.78. The molecule has 1 heterocycles. The van der Waals surface area contributed by atoms with E-state index in [2.05, 4.69) is 37.1 Å². The summed E-state index contributed by atoms with van der Waals surface area (Å²) >= 11 is 20.7. The van der Waals surface area contributed by atoms with E-state index < -0.39 is 29.4 Å². The average Bonchev–Trinajstić information content (AvgIpc) is 3.00. The first-order chi connectivity index (χ1) is 22.0. The number of carbonyl (C=O) groups excluding carboxylic acids is 2. The largest absolute Gasteiger partial charge is 0.483 e. The van der Waals surface area contributed by atoms with Gasteiger partial charge in [0.1, 0.15) is 12.4 Å². The van der Waals surface area contributed by atoms with Crippen molar-refractivity contribution in [3.8, 4) is 11.5 Å². The second-order valence-electron chi connectivity index (χ2n) is 9.54. The minimum absolute atomic E-state index is 0.00980. The number of benzene rings is 3. The Morgan fingerprint density at radius 3 is 2.65 bits per heavy atom. The molecule has 1 amide bonds. The molecule has 16 heteroatoms. The Labute approximate surface area is 287 Å². The van der Waals surface area contributed by atoms with Gasteiger partial charge in [-0.15, -0.1) is 0 Å². The highest BCUT2D eigenvalue weighted by molar-refractivity contribution is 9.10. The van der Waals surface area contributed by atoms with Crippen LogP contribution in [0.15, 0.2) is 75.4 Å². The molecule has 1 aliphatic heterocycles. The predicted molar refractivity (Wildman–Crippen MR) is 180 cm³/mol. The van der Waals surface area contributed by atoms with E-state index in [-0.39, 0.29) is 29.1 Å². The molecule has 3 N–H and O–H groups in total. The molecule has 0 spiro atoms. The van der Waals surface area contributed by atoms with E-state index in [9.17, 15) is 19.7 Å². The van der Waals surface area contributed by atoms with Crippen molar-refractivity contribution in [1.82, 2.24) is 16.1 Å². The number of carbonyl (C=O) groups is 2. The number of hydrogen-bond acceptors (Lipinski definition) is 9. The number of allylic oxidation sites excluding steroid dienone is 1. The topological polar surface area (TPSA) is 153 Å². The van der Waals surface area contributed by atoms with Crippen molar-refractivity contribution in [3.63, 3.8) is 0 Å². The van der Waals surface area contributed by atoms with Crippen LogP contribution >= 0.6 is 51.3 Å². The quantitative estimate of drug-likeness (QED) is 0.0648. The van der Waals surface area contributed by atoms with Crippen molar-refractivity contribution in [2.45, 2.75) is 26.5 Å². The second kappa shape index (κ2) is 15.9. The number of rotatable bonds is 12. The lowest BCUT2D eigenvalue weighted by Gasteiger charge is -2.30. The molecule has 0 saturated carbocycles. The van der Waals surface area contributed by atoms with E-state index in [0.717, 1.165) is 0 Å². The van der Waals surface area contributed by atoms with Crippen LogP contribution in [-0.4, -0.2) is 41.3 Å². The number of amides is 1. The van der Waals surface area contributed by atoms with Crippen LogP contribution < -0.4 is 25.5 Å². The fourth-order valence-corrected chi connectivity index (χ4v) is 5.67. The molecular formula is C30H26BrCl2N5O7S. The summed E-state index contributed by atoms with van der Waals surface area (Å²) in [5.41, 5.74) is 4.32. The molecule has 240 valence electrons. The highest BCUT2D eigenvalue weighted by atomic mass is 79.9. The highest BCUT2D eigenvalue weighted by Crippen LogP contribution is 2.37. The number of nitro benzene ring substituents is 1. The number of para-hydroxylation sites is 1. The third kappa shape index (κ3) is 8.72. The van der Waals surface area contributed by atoms with Crippen LogP contribution in [0.25, 0.3) is 0 Å². The van der Waals surface area contributed by atoms with E-state index in [1.807, 2.05) is 0 Å². The lowest BCUT2D eigenvalue weighted by atomic mass is 9.95. The van der Waals surface area contributed by atoms with E-state index in [4.69, 9.17) is 49.6 Å². The van der Waals surface area contributed by atoms with Crippen LogP contribution in [0.4, 0.5) is 5.69 Å². The molecule has 12 nitrogen and oxygen atoms in total. The number of hydrazone groups is 1. The maximum atomic E-state index is 12.7. The van der Waals surface area contributed by atoms with E-state index >= 15 is 0 Å². The van der Waals surface area contributed by atoms with Crippen molar-refractivity contribution in [2.24, 2.45) is 5.10 Å². The zero-order valence-corrected chi connectivity index (χ0v) is 28.2. The van der Waals surface area contributed by atoms with Gasteiger partial charge in [0.05, 0.1) is 33.8 Å². The molecular weight excluding hydrogens is 725 g/mol. The first kappa shape index (κ1) is 34.6. The molecule has 0 aromatic heterocycles. The van der Waals surface area contributed by atoms with Gasteiger partial charge >= 0.3 is 11.7 Å². The molecule has 0 unspecified atom stereocenters. The SMILES string of the molecule is CCOC(=O)C1=C(C)NC(=S)N[C@@H]1c1ccccc1OCC(=O)NN=Cc1cc(Br)c(OCc2ccc(Cl)cc2Cl)c([N+](=O)[O-])c1. The molecule has 1 atom stereocenters. The Hall–Kier alpha value is -4.24. The lowest BCUT2D eigenvalue weighted by molar-refractivity contribution is -0.386. The standard InChI is InChI=1S/C30H26BrCl2N5O7S/c1-3-43-29(40)26-16(2)35-30(46)36-27(26)20-6-4-5-7-24(20)44-15-25(39)37-34-13-17-10-21(31)28(23(11-17)38(41)42)45-14-18-8-9-19(32)12-22(18)33/h4-13,27H,3,14-15H2,1-2H3,(H,37,39)(H2,35,36,46)/t27-/m1/s1. The van der Waals surface area contributed by atoms with Gasteiger partial charge in [0.2, 0.25) is 5.75 Å². The number of nitrogens with zero attached hydrogens (tertiary/aromatic N) is 2. The van der Waals surface area contributed by atoms with Gasteiger partial charge in [0.15, 0.2) is 11.7 Å². The van der Waals surface area contributed by atoms with Gasteiger partial charge in [-0.05, 0) is 66.3 Å². The minimum atomic E-state index is -0.686. The summed E-state index contributed by atoms with van der Waals surface area (Å²) in [7, 11) is 0. The molecule has 46 heavy (non-hydrogen) atoms. The summed E-state index contributed by atoms with van der Waals surface area (Å²) in [5, 5.41) is 22.8. The Morgan fingerprint density at radius 1 is 1.17 bits per heavy atom. The van der Waals surface area contributed by atoms with Crippen molar-refractivity contribution >= 4 is 80.2 Å². The lowest BCUT2D eigenvalue weighted by Crippen LogP contribution is -2.45. The van der Waals surface area contributed by atoms with Gasteiger partial charge in [0.25, 0.3) is 5.91 Å². The van der Waals surface area contributed by atoms with E-state index in [0.29, 0.717) is 48.9 Å². The van der Waals surface area contributed by atoms with E-state index in [1.54, 1.807) is 62.4 Å². The predicted octanol–water partition coefficient (Wildman–Crippen LogP) is 6.13. The van der Waals surface area contributed by atoms with Gasteiger partial charge in [-0.25, -0.2) is 10.2 Å². The fourth-order valence-electron chi connectivity index (χ4n) is 4.35. The summed E-state index contributed by atoms with van der Waals surface area (Å²) in [6.07, 6.45) is 1.24. The Balaban J connectivity index is 1.42. The number of nitro groups is 1. The molecule has 0 fully saturated rings. The molecule has 3 aromatic rings. The summed E-state index contributed by atoms with van der Waals surface area (Å²) in [5.74, 6) is -0.810. The van der Waals surface area contributed by atoms with Crippen molar-refractivity contribution in [2.75, 3.05) is 13.2 Å². The summed E-state index contributed by atoms with van der Waals surface area (Å²) < 4.78 is 17.0. The molecule has 4 rings (SSSR count). The van der Waals surface area contributed by atoms with Gasteiger partial charge in [-0.2, -0.15) is 5.10 Å². The van der Waals surface area contributed by atoms with Gasteiger partial charge in [0, 0.05) is 38.5 Å². The smallest absolute Gasteiger partial charge is 0.338 e. The Morgan fingerprint density at radius 2 is 1.93 bits per heavy atom. The normalized spacial score (nSPS) is 14.4. The van der Waals surface area contributed by atoms with Crippen LogP contribution in [-0.2, 0) is 20.9 Å². The van der Waals surface area contributed by atoms with Crippen molar-refractivity contribution in [3.05, 3.63) is 107 Å².